The predicted molar refractivity (Wildman–Crippen MR) is 142 cm³/mol. The number of benzene rings is 2. The molecule has 0 aliphatic carbocycles. The summed E-state index contributed by atoms with van der Waals surface area (Å²) in [6.45, 7) is -2.47. The highest BCUT2D eigenvalue weighted by Gasteiger charge is 2.44. The van der Waals surface area contributed by atoms with Crippen molar-refractivity contribution < 1.29 is 36.2 Å². The minimum atomic E-state index is -5.02. The summed E-state index contributed by atoms with van der Waals surface area (Å²) in [5, 5.41) is 18.8. The number of ether oxygens (including phenoxy) is 1. The van der Waals surface area contributed by atoms with Crippen LogP contribution in [0.4, 0.5) is 32.3 Å². The van der Waals surface area contributed by atoms with E-state index in [0.717, 1.165) is 4.68 Å². The zero-order valence-corrected chi connectivity index (χ0v) is 23.2. The van der Waals surface area contributed by atoms with Crippen molar-refractivity contribution in [1.82, 2.24) is 29.1 Å². The number of hydrogen-bond acceptors (Lipinski definition) is 7. The first kappa shape index (κ1) is 30.8. The number of hydrogen-bond donors (Lipinski definition) is 1. The molecule has 3 heterocycles. The molecule has 1 aliphatic heterocycles. The number of aliphatic hydroxyl groups excluding tert-OH is 1. The molecule has 1 saturated heterocycles. The smallest absolute Gasteiger partial charge is 0.382 e. The Morgan fingerprint density at radius 2 is 1.72 bits per heavy atom. The van der Waals surface area contributed by atoms with E-state index in [0.29, 0.717) is 9.59 Å². The summed E-state index contributed by atoms with van der Waals surface area (Å²) >= 11 is 12.3. The molecule has 43 heavy (non-hydrogen) atoms. The van der Waals surface area contributed by atoms with Crippen molar-refractivity contribution in [2.75, 3.05) is 24.6 Å². The summed E-state index contributed by atoms with van der Waals surface area (Å²) in [4.78, 5) is 19.0. The molecule has 0 saturated carbocycles. The van der Waals surface area contributed by atoms with E-state index in [1.54, 1.807) is 18.2 Å². The lowest BCUT2D eigenvalue weighted by Crippen LogP contribution is -2.50. The Hall–Kier alpha value is -3.60. The first-order valence-electron chi connectivity index (χ1n) is 12.5. The molecule has 0 spiro atoms. The predicted octanol–water partition coefficient (Wildman–Crippen LogP) is 4.34. The number of alkyl halides is 6. The normalized spacial score (nSPS) is 17.0. The van der Waals surface area contributed by atoms with Crippen LogP contribution in [0.3, 0.4) is 0 Å². The summed E-state index contributed by atoms with van der Waals surface area (Å²) in [7, 11) is 0. The summed E-state index contributed by atoms with van der Waals surface area (Å²) in [5.74, 6) is -0.328. The van der Waals surface area contributed by atoms with Crippen molar-refractivity contribution in [3.63, 3.8) is 0 Å². The standard InChI is InChI=1S/C25H21Cl2F6N7O3/c26-15-7-5-14(6-8-15)21-36-39(23(42)38(21)11-18(41)24(28,29)30)13-20-34-22(37-9-10-43-19(12-37)25(31,32)33)40(35-20)17-4-2-1-3-16(17)27/h1-8,18-19,41H,9-13H2/t18-,19?/m0/s1. The van der Waals surface area contributed by atoms with Gasteiger partial charge in [0.2, 0.25) is 5.95 Å². The van der Waals surface area contributed by atoms with Crippen LogP contribution >= 0.6 is 23.2 Å². The van der Waals surface area contributed by atoms with Crippen molar-refractivity contribution in [3.05, 3.63) is 74.9 Å². The second-order valence-electron chi connectivity index (χ2n) is 9.48. The highest BCUT2D eigenvalue weighted by atomic mass is 35.5. The summed E-state index contributed by atoms with van der Waals surface area (Å²) in [6.07, 6.45) is -14.6. The van der Waals surface area contributed by atoms with Gasteiger partial charge in [-0.1, -0.05) is 35.3 Å². The van der Waals surface area contributed by atoms with E-state index in [1.165, 1.54) is 39.9 Å². The molecule has 1 fully saturated rings. The highest BCUT2D eigenvalue weighted by Crippen LogP contribution is 2.30. The van der Waals surface area contributed by atoms with Crippen LogP contribution in [0.1, 0.15) is 5.82 Å². The Morgan fingerprint density at radius 3 is 2.37 bits per heavy atom. The van der Waals surface area contributed by atoms with Gasteiger partial charge in [-0.25, -0.2) is 9.48 Å². The molecule has 0 amide bonds. The van der Waals surface area contributed by atoms with E-state index in [2.05, 4.69) is 15.2 Å². The number of anilines is 1. The van der Waals surface area contributed by atoms with Crippen molar-refractivity contribution in [1.29, 1.82) is 0 Å². The fourth-order valence-electron chi connectivity index (χ4n) is 4.36. The average Bonchev–Trinajstić information content (AvgIpc) is 3.50. The van der Waals surface area contributed by atoms with Gasteiger partial charge in [0.25, 0.3) is 0 Å². The Kier molecular flexibility index (Phi) is 8.48. The van der Waals surface area contributed by atoms with Crippen LogP contribution in [0.2, 0.25) is 10.0 Å². The van der Waals surface area contributed by atoms with Crippen LogP contribution in [0, 0.1) is 0 Å². The van der Waals surface area contributed by atoms with Crippen molar-refractivity contribution in [2.45, 2.75) is 37.7 Å². The van der Waals surface area contributed by atoms with Gasteiger partial charge >= 0.3 is 18.0 Å². The molecule has 1 aliphatic rings. The third kappa shape index (κ3) is 6.66. The fourth-order valence-corrected chi connectivity index (χ4v) is 4.70. The van der Waals surface area contributed by atoms with E-state index in [9.17, 15) is 36.2 Å². The van der Waals surface area contributed by atoms with Gasteiger partial charge < -0.3 is 14.7 Å². The maximum absolute atomic E-state index is 13.5. The Morgan fingerprint density at radius 1 is 1.02 bits per heavy atom. The zero-order valence-electron chi connectivity index (χ0n) is 21.7. The minimum Gasteiger partial charge on any atom is -0.382 e. The summed E-state index contributed by atoms with van der Waals surface area (Å²) < 4.78 is 87.5. The number of halogens is 8. The van der Waals surface area contributed by atoms with Gasteiger partial charge in [-0.3, -0.25) is 4.57 Å². The lowest BCUT2D eigenvalue weighted by Gasteiger charge is -2.34. The molecule has 10 nitrogen and oxygen atoms in total. The van der Waals surface area contributed by atoms with E-state index in [-0.39, 0.29) is 47.0 Å². The molecule has 2 aromatic heterocycles. The van der Waals surface area contributed by atoms with Gasteiger partial charge in [0.15, 0.2) is 23.9 Å². The Bertz CT molecular complexity index is 1650. The Balaban J connectivity index is 1.56. The monoisotopic (exact) mass is 651 g/mol. The van der Waals surface area contributed by atoms with E-state index in [4.69, 9.17) is 27.9 Å². The SMILES string of the molecule is O=c1n(Cc2nc(N3CCOC(C(F)(F)F)C3)n(-c3ccccc3Cl)n2)nc(-c2ccc(Cl)cc2)n1C[C@H](O)C(F)(F)F. The summed E-state index contributed by atoms with van der Waals surface area (Å²) in [6, 6.07) is 12.1. The van der Waals surface area contributed by atoms with Crippen molar-refractivity contribution in [2.24, 2.45) is 0 Å². The molecule has 1 unspecified atom stereocenters. The van der Waals surface area contributed by atoms with Crippen LogP contribution < -0.4 is 10.6 Å². The lowest BCUT2D eigenvalue weighted by molar-refractivity contribution is -0.221. The number of aliphatic hydroxyl groups is 1. The van der Waals surface area contributed by atoms with E-state index < -0.39 is 49.9 Å². The molecule has 18 heteroatoms. The van der Waals surface area contributed by atoms with Gasteiger partial charge in [-0.15, -0.1) is 10.2 Å². The van der Waals surface area contributed by atoms with Crippen molar-refractivity contribution in [3.8, 4) is 17.1 Å². The topological polar surface area (TPSA) is 103 Å². The average molecular weight is 652 g/mol. The molecule has 2 atom stereocenters. The van der Waals surface area contributed by atoms with Crippen LogP contribution in [0.15, 0.2) is 53.3 Å². The number of para-hydroxylation sites is 1. The molecule has 230 valence electrons. The molecule has 1 N–H and O–H groups in total. The molecule has 5 rings (SSSR count). The maximum Gasteiger partial charge on any atom is 0.416 e. The third-order valence-corrected chi connectivity index (χ3v) is 7.05. The van der Waals surface area contributed by atoms with Gasteiger partial charge in [0.1, 0.15) is 6.54 Å². The summed E-state index contributed by atoms with van der Waals surface area (Å²) in [5.41, 5.74) is -0.509. The Labute approximate surface area is 248 Å². The van der Waals surface area contributed by atoms with Crippen LogP contribution in [0.25, 0.3) is 17.1 Å². The maximum atomic E-state index is 13.5. The van der Waals surface area contributed by atoms with Gasteiger partial charge in [-0.05, 0) is 36.4 Å². The number of aromatic nitrogens is 6. The molecule has 2 aromatic carbocycles. The number of nitrogens with zero attached hydrogens (tertiary/aromatic N) is 7. The molecule has 4 aromatic rings. The first-order chi connectivity index (χ1) is 20.2. The number of morpholine rings is 1. The van der Waals surface area contributed by atoms with Crippen LogP contribution in [-0.2, 0) is 17.8 Å². The lowest BCUT2D eigenvalue weighted by atomic mass is 10.2. The van der Waals surface area contributed by atoms with E-state index >= 15 is 0 Å². The van der Waals surface area contributed by atoms with Crippen LogP contribution in [0.5, 0.6) is 0 Å². The van der Waals surface area contributed by atoms with Gasteiger partial charge in [-0.2, -0.15) is 36.0 Å². The van der Waals surface area contributed by atoms with Gasteiger partial charge in [0, 0.05) is 17.1 Å². The van der Waals surface area contributed by atoms with Gasteiger partial charge in [0.05, 0.1) is 30.4 Å². The molecule has 0 bridgehead atoms. The fraction of sp³-hybridized carbons (Fsp3) is 0.360. The second kappa shape index (κ2) is 11.8. The van der Waals surface area contributed by atoms with Crippen LogP contribution in [-0.4, -0.2) is 78.5 Å². The second-order valence-corrected chi connectivity index (χ2v) is 10.3. The van der Waals surface area contributed by atoms with Crippen molar-refractivity contribution >= 4 is 29.2 Å². The number of rotatable bonds is 7. The largest absolute Gasteiger partial charge is 0.416 e. The zero-order chi connectivity index (χ0) is 31.1. The molecular formula is C25H21Cl2F6N7O3. The first-order valence-corrected chi connectivity index (χ1v) is 13.3. The highest BCUT2D eigenvalue weighted by molar-refractivity contribution is 6.32. The quantitative estimate of drug-likeness (QED) is 0.297. The molecular weight excluding hydrogens is 631 g/mol. The third-order valence-electron chi connectivity index (χ3n) is 6.48. The van der Waals surface area contributed by atoms with E-state index in [1.807, 2.05) is 0 Å². The minimum absolute atomic E-state index is 0.0276. The molecule has 0 radical (unpaired) electrons.